The maximum absolute atomic E-state index is 13.1. The number of aliphatic carboxylic acids is 1. The molecular formula is C20H22N4O4. The number of imide groups is 1. The lowest BCUT2D eigenvalue weighted by atomic mass is 10.0. The van der Waals surface area contributed by atoms with E-state index in [1.807, 2.05) is 0 Å². The number of amides is 2. The second kappa shape index (κ2) is 8.62. The molecule has 8 heteroatoms. The second-order valence-electron chi connectivity index (χ2n) is 6.70. The van der Waals surface area contributed by atoms with Crippen LogP contribution in [0.2, 0.25) is 0 Å². The van der Waals surface area contributed by atoms with E-state index in [-0.39, 0.29) is 12.0 Å². The average Bonchev–Trinajstić information content (AvgIpc) is 3.24. The molecule has 1 saturated heterocycles. The van der Waals surface area contributed by atoms with Crippen LogP contribution >= 0.6 is 0 Å². The van der Waals surface area contributed by atoms with E-state index in [1.165, 1.54) is 24.5 Å². The van der Waals surface area contributed by atoms with Gasteiger partial charge in [0.25, 0.3) is 5.91 Å². The lowest BCUT2D eigenvalue weighted by molar-refractivity contribution is -0.148. The van der Waals surface area contributed by atoms with Crippen molar-refractivity contribution in [3.63, 3.8) is 0 Å². The van der Waals surface area contributed by atoms with Crippen LogP contribution in [0.3, 0.4) is 0 Å². The van der Waals surface area contributed by atoms with Gasteiger partial charge in [-0.3, -0.25) is 19.5 Å². The van der Waals surface area contributed by atoms with Crippen LogP contribution in [0.1, 0.15) is 28.8 Å². The Labute approximate surface area is 162 Å². The summed E-state index contributed by atoms with van der Waals surface area (Å²) < 4.78 is 0. The first-order chi connectivity index (χ1) is 13.5. The van der Waals surface area contributed by atoms with Crippen molar-refractivity contribution in [2.45, 2.75) is 31.3 Å². The van der Waals surface area contributed by atoms with Crippen molar-refractivity contribution in [3.8, 4) is 0 Å². The van der Waals surface area contributed by atoms with Gasteiger partial charge in [0.2, 0.25) is 5.91 Å². The molecule has 2 aromatic rings. The SMILES string of the molecule is Nc1ccc(C[C@@H](C(=O)O)N(C(=O)c2ccncc2)C(=O)[C@@H]2CCCN2)cc1. The zero-order valence-electron chi connectivity index (χ0n) is 15.2. The Bertz CT molecular complexity index is 848. The van der Waals surface area contributed by atoms with Crippen LogP contribution in [-0.2, 0) is 16.0 Å². The number of nitrogens with one attached hydrogen (secondary N) is 1. The van der Waals surface area contributed by atoms with Crippen LogP contribution in [0.5, 0.6) is 0 Å². The third-order valence-electron chi connectivity index (χ3n) is 4.75. The molecule has 1 aromatic heterocycles. The monoisotopic (exact) mass is 382 g/mol. The second-order valence-corrected chi connectivity index (χ2v) is 6.70. The van der Waals surface area contributed by atoms with Gasteiger partial charge < -0.3 is 16.2 Å². The summed E-state index contributed by atoms with van der Waals surface area (Å²) in [4.78, 5) is 43.0. The summed E-state index contributed by atoms with van der Waals surface area (Å²) in [5, 5.41) is 12.9. The molecule has 2 atom stereocenters. The average molecular weight is 382 g/mol. The molecule has 0 radical (unpaired) electrons. The predicted molar refractivity (Wildman–Crippen MR) is 102 cm³/mol. The van der Waals surface area contributed by atoms with E-state index in [9.17, 15) is 19.5 Å². The molecular weight excluding hydrogens is 360 g/mol. The number of nitrogens with two attached hydrogens (primary N) is 1. The van der Waals surface area contributed by atoms with Crippen LogP contribution < -0.4 is 11.1 Å². The number of anilines is 1. The highest BCUT2D eigenvalue weighted by Gasteiger charge is 2.39. The van der Waals surface area contributed by atoms with E-state index in [1.54, 1.807) is 24.3 Å². The highest BCUT2D eigenvalue weighted by Crippen LogP contribution is 2.19. The van der Waals surface area contributed by atoms with Crippen molar-refractivity contribution in [2.24, 2.45) is 0 Å². The molecule has 0 unspecified atom stereocenters. The number of nitrogen functional groups attached to an aromatic ring is 1. The van der Waals surface area contributed by atoms with Gasteiger partial charge in [-0.1, -0.05) is 12.1 Å². The molecule has 0 spiro atoms. The van der Waals surface area contributed by atoms with E-state index in [4.69, 9.17) is 5.73 Å². The number of carboxylic acids is 1. The molecule has 2 amide bonds. The van der Waals surface area contributed by atoms with Gasteiger partial charge in [0.05, 0.1) is 6.04 Å². The number of pyridine rings is 1. The number of carboxylic acid groups (broad SMARTS) is 1. The molecule has 0 bridgehead atoms. The highest BCUT2D eigenvalue weighted by molar-refractivity contribution is 6.08. The van der Waals surface area contributed by atoms with Gasteiger partial charge in [0.15, 0.2) is 0 Å². The number of benzene rings is 1. The number of carbonyl (C=O) groups is 3. The van der Waals surface area contributed by atoms with Crippen LogP contribution in [0.25, 0.3) is 0 Å². The van der Waals surface area contributed by atoms with Gasteiger partial charge in [0.1, 0.15) is 6.04 Å². The molecule has 1 aliphatic heterocycles. The van der Waals surface area contributed by atoms with E-state index in [0.29, 0.717) is 24.2 Å². The van der Waals surface area contributed by atoms with E-state index in [2.05, 4.69) is 10.3 Å². The number of hydrogen-bond acceptors (Lipinski definition) is 6. The molecule has 1 fully saturated rings. The largest absolute Gasteiger partial charge is 0.480 e. The molecule has 8 nitrogen and oxygen atoms in total. The molecule has 1 aromatic carbocycles. The summed E-state index contributed by atoms with van der Waals surface area (Å²) in [7, 11) is 0. The first-order valence-electron chi connectivity index (χ1n) is 9.05. The first kappa shape index (κ1) is 19.5. The Morgan fingerprint density at radius 1 is 1.18 bits per heavy atom. The van der Waals surface area contributed by atoms with Crippen LogP contribution in [0, 0.1) is 0 Å². The highest BCUT2D eigenvalue weighted by atomic mass is 16.4. The summed E-state index contributed by atoms with van der Waals surface area (Å²) in [6.45, 7) is 0.656. The van der Waals surface area contributed by atoms with Gasteiger partial charge in [0, 0.05) is 30.1 Å². The fourth-order valence-corrected chi connectivity index (χ4v) is 3.26. The Balaban J connectivity index is 1.96. The van der Waals surface area contributed by atoms with Crippen molar-refractivity contribution in [1.82, 2.24) is 15.2 Å². The Morgan fingerprint density at radius 2 is 1.86 bits per heavy atom. The molecule has 3 rings (SSSR count). The summed E-state index contributed by atoms with van der Waals surface area (Å²) >= 11 is 0. The van der Waals surface area contributed by atoms with Crippen molar-refractivity contribution in [2.75, 3.05) is 12.3 Å². The topological polar surface area (TPSA) is 126 Å². The third kappa shape index (κ3) is 4.34. The third-order valence-corrected chi connectivity index (χ3v) is 4.75. The van der Waals surface area contributed by atoms with Gasteiger partial charge in [-0.2, -0.15) is 0 Å². The standard InChI is InChI=1S/C20H22N4O4/c21-15-5-3-13(4-6-15)12-17(20(27)28)24(19(26)16-2-1-9-23-16)18(25)14-7-10-22-11-8-14/h3-8,10-11,16-17,23H,1-2,9,12,21H2,(H,27,28)/t16-,17-/m0/s1. The molecule has 1 aliphatic rings. The first-order valence-corrected chi connectivity index (χ1v) is 9.05. The van der Waals surface area contributed by atoms with Crippen LogP contribution in [0.4, 0.5) is 5.69 Å². The normalized spacial score (nSPS) is 17.1. The maximum atomic E-state index is 13.1. The Kier molecular flexibility index (Phi) is 6.00. The van der Waals surface area contributed by atoms with Gasteiger partial charge in [-0.25, -0.2) is 4.79 Å². The minimum atomic E-state index is -1.33. The summed E-state index contributed by atoms with van der Waals surface area (Å²) in [6.07, 6.45) is 4.21. The summed E-state index contributed by atoms with van der Waals surface area (Å²) in [5.74, 6) is -2.42. The smallest absolute Gasteiger partial charge is 0.327 e. The van der Waals surface area contributed by atoms with E-state index < -0.39 is 29.9 Å². The van der Waals surface area contributed by atoms with E-state index in [0.717, 1.165) is 11.3 Å². The maximum Gasteiger partial charge on any atom is 0.327 e. The van der Waals surface area contributed by atoms with Crippen LogP contribution in [0.15, 0.2) is 48.8 Å². The van der Waals surface area contributed by atoms with Gasteiger partial charge in [-0.15, -0.1) is 0 Å². The van der Waals surface area contributed by atoms with Crippen molar-refractivity contribution >= 4 is 23.5 Å². The quantitative estimate of drug-likeness (QED) is 0.504. The summed E-state index contributed by atoms with van der Waals surface area (Å²) in [5.41, 5.74) is 7.11. The minimum Gasteiger partial charge on any atom is -0.480 e. The Morgan fingerprint density at radius 3 is 2.43 bits per heavy atom. The van der Waals surface area contributed by atoms with Crippen molar-refractivity contribution < 1.29 is 19.5 Å². The molecule has 0 saturated carbocycles. The molecule has 146 valence electrons. The zero-order valence-corrected chi connectivity index (χ0v) is 15.2. The number of nitrogens with zero attached hydrogens (tertiary/aromatic N) is 2. The number of rotatable bonds is 6. The lowest BCUT2D eigenvalue weighted by Gasteiger charge is -2.29. The van der Waals surface area contributed by atoms with Crippen molar-refractivity contribution in [1.29, 1.82) is 0 Å². The Hall–Kier alpha value is -3.26. The molecule has 28 heavy (non-hydrogen) atoms. The summed E-state index contributed by atoms with van der Waals surface area (Å²) in [6, 6.07) is 7.72. The predicted octanol–water partition coefficient (Wildman–Crippen LogP) is 1.08. The number of carbonyl (C=O) groups excluding carboxylic acids is 2. The molecule has 0 aliphatic carbocycles. The lowest BCUT2D eigenvalue weighted by Crippen LogP contribution is -2.54. The zero-order chi connectivity index (χ0) is 20.1. The van der Waals surface area contributed by atoms with Gasteiger partial charge in [-0.05, 0) is 49.2 Å². The number of aromatic nitrogens is 1. The fraction of sp³-hybridized carbons (Fsp3) is 0.300. The molecule has 4 N–H and O–H groups in total. The van der Waals surface area contributed by atoms with Crippen LogP contribution in [-0.4, -0.2) is 51.4 Å². The minimum absolute atomic E-state index is 0.00903. The van der Waals surface area contributed by atoms with Gasteiger partial charge >= 0.3 is 5.97 Å². The van der Waals surface area contributed by atoms with E-state index >= 15 is 0 Å². The fourth-order valence-electron chi connectivity index (χ4n) is 3.26. The molecule has 2 heterocycles. The number of hydrogen-bond donors (Lipinski definition) is 3. The van der Waals surface area contributed by atoms with Crippen molar-refractivity contribution in [3.05, 3.63) is 59.9 Å².